The molecule has 5 nitrogen and oxygen atoms in total. The van der Waals surface area contributed by atoms with Crippen LogP contribution in [0.3, 0.4) is 0 Å². The van der Waals surface area contributed by atoms with Crippen LogP contribution in [0.15, 0.2) is 18.2 Å². The number of carbonyl (C=O) groups excluding carboxylic acids is 1. The average molecular weight is 266 g/mol. The number of nitrogens with one attached hydrogen (secondary N) is 2. The number of hydrogen-bond acceptors (Lipinski definition) is 4. The molecule has 5 heteroatoms. The van der Waals surface area contributed by atoms with Gasteiger partial charge in [0.1, 0.15) is 11.5 Å². The summed E-state index contributed by atoms with van der Waals surface area (Å²) in [4.78, 5) is 12.0. The highest BCUT2D eigenvalue weighted by Gasteiger charge is 2.12. The molecule has 0 fully saturated rings. The summed E-state index contributed by atoms with van der Waals surface area (Å²) in [6.45, 7) is 4.54. The van der Waals surface area contributed by atoms with E-state index in [2.05, 4.69) is 17.6 Å². The van der Waals surface area contributed by atoms with E-state index in [0.29, 0.717) is 23.6 Å². The Morgan fingerprint density at radius 3 is 2.63 bits per heavy atom. The van der Waals surface area contributed by atoms with Crippen LogP contribution in [0.4, 0.5) is 0 Å². The van der Waals surface area contributed by atoms with Crippen molar-refractivity contribution in [2.75, 3.05) is 33.9 Å². The zero-order valence-corrected chi connectivity index (χ0v) is 11.8. The topological polar surface area (TPSA) is 59.6 Å². The molecule has 0 saturated heterocycles. The van der Waals surface area contributed by atoms with Crippen LogP contribution in [0, 0.1) is 0 Å². The SMILES string of the molecule is CCNCCCNC(=O)c1ccc(OC)cc1OC. The zero-order chi connectivity index (χ0) is 14.1. The summed E-state index contributed by atoms with van der Waals surface area (Å²) in [5.41, 5.74) is 0.520. The highest BCUT2D eigenvalue weighted by molar-refractivity contribution is 5.97. The van der Waals surface area contributed by atoms with Gasteiger partial charge in [0.05, 0.1) is 19.8 Å². The molecule has 106 valence electrons. The fourth-order valence-corrected chi connectivity index (χ4v) is 1.67. The number of rotatable bonds is 8. The fraction of sp³-hybridized carbons (Fsp3) is 0.500. The predicted octanol–water partition coefficient (Wildman–Crippen LogP) is 1.43. The molecule has 1 amide bonds. The smallest absolute Gasteiger partial charge is 0.255 e. The van der Waals surface area contributed by atoms with E-state index in [-0.39, 0.29) is 5.91 Å². The number of carbonyl (C=O) groups is 1. The van der Waals surface area contributed by atoms with E-state index in [0.717, 1.165) is 19.5 Å². The zero-order valence-electron chi connectivity index (χ0n) is 11.8. The Morgan fingerprint density at radius 1 is 1.21 bits per heavy atom. The Bertz CT molecular complexity index is 408. The molecule has 19 heavy (non-hydrogen) atoms. The number of benzene rings is 1. The highest BCUT2D eigenvalue weighted by Crippen LogP contribution is 2.24. The van der Waals surface area contributed by atoms with Gasteiger partial charge in [-0.3, -0.25) is 4.79 Å². The van der Waals surface area contributed by atoms with Gasteiger partial charge >= 0.3 is 0 Å². The molecule has 1 aromatic rings. The Labute approximate surface area is 114 Å². The Kier molecular flexibility index (Phi) is 6.74. The monoisotopic (exact) mass is 266 g/mol. The van der Waals surface area contributed by atoms with Crippen molar-refractivity contribution in [1.82, 2.24) is 10.6 Å². The largest absolute Gasteiger partial charge is 0.497 e. The van der Waals surface area contributed by atoms with Crippen molar-refractivity contribution in [1.29, 1.82) is 0 Å². The quantitative estimate of drug-likeness (QED) is 0.699. The molecule has 0 spiro atoms. The molecule has 0 bridgehead atoms. The van der Waals surface area contributed by atoms with Gasteiger partial charge in [-0.1, -0.05) is 6.92 Å². The molecule has 0 aromatic heterocycles. The normalized spacial score (nSPS) is 10.1. The van der Waals surface area contributed by atoms with Gasteiger partial charge < -0.3 is 20.1 Å². The molecule has 2 N–H and O–H groups in total. The summed E-state index contributed by atoms with van der Waals surface area (Å²) < 4.78 is 10.3. The molecule has 1 aromatic carbocycles. The lowest BCUT2D eigenvalue weighted by Gasteiger charge is -2.10. The lowest BCUT2D eigenvalue weighted by molar-refractivity contribution is 0.0950. The van der Waals surface area contributed by atoms with Crippen LogP contribution in [0.1, 0.15) is 23.7 Å². The molecular formula is C14H22N2O3. The van der Waals surface area contributed by atoms with Crippen LogP contribution in [-0.2, 0) is 0 Å². The van der Waals surface area contributed by atoms with Crippen LogP contribution >= 0.6 is 0 Å². The lowest BCUT2D eigenvalue weighted by atomic mass is 10.1. The average Bonchev–Trinajstić information content (AvgIpc) is 2.46. The lowest BCUT2D eigenvalue weighted by Crippen LogP contribution is -2.27. The van der Waals surface area contributed by atoms with Crippen LogP contribution in [0.2, 0.25) is 0 Å². The third-order valence-electron chi connectivity index (χ3n) is 2.72. The van der Waals surface area contributed by atoms with Gasteiger partial charge in [-0.2, -0.15) is 0 Å². The van der Waals surface area contributed by atoms with E-state index in [1.54, 1.807) is 25.3 Å². The molecule has 0 heterocycles. The fourth-order valence-electron chi connectivity index (χ4n) is 1.67. The van der Waals surface area contributed by atoms with Crippen molar-refractivity contribution in [2.24, 2.45) is 0 Å². The van der Waals surface area contributed by atoms with Gasteiger partial charge in [0.25, 0.3) is 5.91 Å². The van der Waals surface area contributed by atoms with Gasteiger partial charge in [0.15, 0.2) is 0 Å². The minimum absolute atomic E-state index is 0.129. The first-order valence-electron chi connectivity index (χ1n) is 6.43. The molecule has 0 aliphatic heterocycles. The van der Waals surface area contributed by atoms with Gasteiger partial charge in [0.2, 0.25) is 0 Å². The second-order valence-corrected chi connectivity index (χ2v) is 4.03. The maximum Gasteiger partial charge on any atom is 0.255 e. The van der Waals surface area contributed by atoms with Crippen LogP contribution < -0.4 is 20.1 Å². The summed E-state index contributed by atoms with van der Waals surface area (Å²) in [6, 6.07) is 5.15. The standard InChI is InChI=1S/C14H22N2O3/c1-4-15-8-5-9-16-14(17)12-7-6-11(18-2)10-13(12)19-3/h6-7,10,15H,4-5,8-9H2,1-3H3,(H,16,17). The third-order valence-corrected chi connectivity index (χ3v) is 2.72. The summed E-state index contributed by atoms with van der Waals surface area (Å²) in [7, 11) is 3.12. The first kappa shape index (κ1) is 15.3. The van der Waals surface area contributed by atoms with Gasteiger partial charge in [0, 0.05) is 12.6 Å². The van der Waals surface area contributed by atoms with Crippen molar-refractivity contribution in [3.8, 4) is 11.5 Å². The van der Waals surface area contributed by atoms with Crippen LogP contribution in [-0.4, -0.2) is 39.8 Å². The number of amides is 1. The molecule has 0 radical (unpaired) electrons. The number of methoxy groups -OCH3 is 2. The van der Waals surface area contributed by atoms with Crippen molar-refractivity contribution in [3.63, 3.8) is 0 Å². The molecule has 0 aliphatic carbocycles. The van der Waals surface area contributed by atoms with Crippen molar-refractivity contribution in [2.45, 2.75) is 13.3 Å². The maximum atomic E-state index is 12.0. The first-order valence-corrected chi connectivity index (χ1v) is 6.43. The second-order valence-electron chi connectivity index (χ2n) is 4.03. The minimum Gasteiger partial charge on any atom is -0.497 e. The van der Waals surface area contributed by atoms with Gasteiger partial charge in [-0.25, -0.2) is 0 Å². The molecule has 0 atom stereocenters. The summed E-state index contributed by atoms with van der Waals surface area (Å²) in [5, 5.41) is 6.08. The Morgan fingerprint density at radius 2 is 2.00 bits per heavy atom. The first-order chi connectivity index (χ1) is 9.22. The Hall–Kier alpha value is -1.75. The van der Waals surface area contributed by atoms with Crippen LogP contribution in [0.5, 0.6) is 11.5 Å². The number of ether oxygens (including phenoxy) is 2. The van der Waals surface area contributed by atoms with E-state index < -0.39 is 0 Å². The van der Waals surface area contributed by atoms with E-state index >= 15 is 0 Å². The van der Waals surface area contributed by atoms with E-state index in [9.17, 15) is 4.79 Å². The van der Waals surface area contributed by atoms with Crippen molar-refractivity contribution in [3.05, 3.63) is 23.8 Å². The molecule has 0 aliphatic rings. The van der Waals surface area contributed by atoms with E-state index in [1.165, 1.54) is 7.11 Å². The summed E-state index contributed by atoms with van der Waals surface area (Å²) >= 11 is 0. The van der Waals surface area contributed by atoms with E-state index in [4.69, 9.17) is 9.47 Å². The minimum atomic E-state index is -0.129. The van der Waals surface area contributed by atoms with E-state index in [1.807, 2.05) is 0 Å². The van der Waals surface area contributed by atoms with Crippen molar-refractivity contribution < 1.29 is 14.3 Å². The highest BCUT2D eigenvalue weighted by atomic mass is 16.5. The third kappa shape index (κ3) is 4.79. The van der Waals surface area contributed by atoms with Crippen molar-refractivity contribution >= 4 is 5.91 Å². The molecular weight excluding hydrogens is 244 g/mol. The predicted molar refractivity (Wildman–Crippen MR) is 75.0 cm³/mol. The number of hydrogen-bond donors (Lipinski definition) is 2. The van der Waals surface area contributed by atoms with Crippen LogP contribution in [0.25, 0.3) is 0 Å². The molecule has 0 saturated carbocycles. The summed E-state index contributed by atoms with van der Waals surface area (Å²) in [5.74, 6) is 1.06. The maximum absolute atomic E-state index is 12.0. The molecule has 0 unspecified atom stereocenters. The Balaban J connectivity index is 2.56. The van der Waals surface area contributed by atoms with Gasteiger partial charge in [-0.05, 0) is 31.6 Å². The summed E-state index contributed by atoms with van der Waals surface area (Å²) in [6.07, 6.45) is 0.901. The second kappa shape index (κ2) is 8.37. The molecule has 1 rings (SSSR count). The van der Waals surface area contributed by atoms with Gasteiger partial charge in [-0.15, -0.1) is 0 Å².